The Kier molecular flexibility index (Phi) is 7.19. The van der Waals surface area contributed by atoms with Crippen LogP contribution in [0.2, 0.25) is 0 Å². The van der Waals surface area contributed by atoms with Crippen molar-refractivity contribution < 1.29 is 45.4 Å². The number of benzene rings is 6. The van der Waals surface area contributed by atoms with E-state index in [2.05, 4.69) is 18.5 Å². The van der Waals surface area contributed by atoms with Gasteiger partial charge in [0.05, 0.1) is 19.4 Å². The molecule has 0 spiro atoms. The fourth-order valence-electron chi connectivity index (χ4n) is 6.90. The summed E-state index contributed by atoms with van der Waals surface area (Å²) in [5.41, 5.74) is 3.19. The second-order valence-electron chi connectivity index (χ2n) is 12.5. The van der Waals surface area contributed by atoms with Crippen molar-refractivity contribution in [3.8, 4) is 50.9 Å². The summed E-state index contributed by atoms with van der Waals surface area (Å²) in [6.45, 7) is 4.04. The minimum absolute atomic E-state index is 0. The SMILES string of the molecule is [2H]c1c([2H])c([2H])c(-c2cccc(-c3c([2H])c([2H])c([2H])c([2H])c3[2H])c2-[n+]2[c-]n(-c3[c-]c(Oc4[c-]c5c(cc4)c4ccccc4n5-c4cc(C([2H])(CC)CC)ccn4)ccc3)cc2)c([2H])c1[2H].[Pt]. The van der Waals surface area contributed by atoms with E-state index in [1.54, 1.807) is 59.6 Å². The molecule has 3 heterocycles. The van der Waals surface area contributed by atoms with Crippen LogP contribution in [0.3, 0.4) is 0 Å². The van der Waals surface area contributed by atoms with E-state index in [9.17, 15) is 0 Å². The van der Waals surface area contributed by atoms with E-state index in [1.807, 2.05) is 66.9 Å². The molecule has 0 saturated carbocycles. The van der Waals surface area contributed by atoms with Gasteiger partial charge in [0.25, 0.3) is 6.33 Å². The Morgan fingerprint density at radius 1 is 0.764 bits per heavy atom. The summed E-state index contributed by atoms with van der Waals surface area (Å²) in [4.78, 5) is 4.75. The first kappa shape index (κ1) is 25.1. The van der Waals surface area contributed by atoms with Crippen molar-refractivity contribution in [2.45, 2.75) is 32.6 Å². The van der Waals surface area contributed by atoms with Crippen molar-refractivity contribution in [2.24, 2.45) is 0 Å². The zero-order valence-corrected chi connectivity index (χ0v) is 32.0. The van der Waals surface area contributed by atoms with Gasteiger partial charge in [-0.25, -0.2) is 4.98 Å². The first-order chi connectivity index (χ1) is 31.2. The molecule has 0 N–H and O–H groups in total. The van der Waals surface area contributed by atoms with E-state index in [0.717, 1.165) is 27.4 Å². The molecule has 55 heavy (non-hydrogen) atoms. The number of fused-ring (bicyclic) bond motifs is 3. The zero-order chi connectivity index (χ0) is 46.1. The molecule has 0 atom stereocenters. The van der Waals surface area contributed by atoms with Crippen LogP contribution in [0.4, 0.5) is 0 Å². The third-order valence-corrected chi connectivity index (χ3v) is 9.42. The average Bonchev–Trinajstić information content (AvgIpc) is 3.95. The molecule has 0 unspecified atom stereocenters. The first-order valence-corrected chi connectivity index (χ1v) is 17.6. The topological polar surface area (TPSA) is 35.9 Å². The number of nitrogens with zero attached hydrogens (tertiary/aromatic N) is 4. The Morgan fingerprint density at radius 2 is 1.45 bits per heavy atom. The van der Waals surface area contributed by atoms with Crippen LogP contribution in [0.15, 0.2) is 164 Å². The molecule has 9 aromatic rings. The van der Waals surface area contributed by atoms with E-state index < -0.39 is 66.3 Å². The van der Waals surface area contributed by atoms with Gasteiger partial charge in [0.2, 0.25) is 0 Å². The first-order valence-electron chi connectivity index (χ1n) is 23.1. The Hall–Kier alpha value is -6.03. The van der Waals surface area contributed by atoms with Gasteiger partial charge in [0.1, 0.15) is 5.82 Å². The van der Waals surface area contributed by atoms with Crippen LogP contribution in [0.5, 0.6) is 11.5 Å². The molecule has 0 saturated heterocycles. The third-order valence-electron chi connectivity index (χ3n) is 9.42. The van der Waals surface area contributed by atoms with E-state index in [0.29, 0.717) is 35.8 Å². The molecule has 6 aromatic carbocycles. The van der Waals surface area contributed by atoms with E-state index in [-0.39, 0.29) is 49.0 Å². The molecule has 0 amide bonds. The average molecular weight is 905 g/mol. The molecular formula is C49H38N4OPt-2. The number of rotatable bonds is 10. The normalized spacial score (nSPS) is 14.3. The van der Waals surface area contributed by atoms with Crippen LogP contribution in [-0.4, -0.2) is 14.1 Å². The van der Waals surface area contributed by atoms with Crippen molar-refractivity contribution in [2.75, 3.05) is 0 Å². The van der Waals surface area contributed by atoms with E-state index in [1.165, 1.54) is 4.57 Å². The van der Waals surface area contributed by atoms with Crippen LogP contribution >= 0.6 is 0 Å². The number of aromatic nitrogens is 4. The Bertz CT molecular complexity index is 3240. The van der Waals surface area contributed by atoms with E-state index in [4.69, 9.17) is 24.8 Å². The summed E-state index contributed by atoms with van der Waals surface area (Å²) >= 11 is 0. The predicted octanol–water partition coefficient (Wildman–Crippen LogP) is 11.7. The molecule has 6 heteroatoms. The number of para-hydroxylation sites is 2. The van der Waals surface area contributed by atoms with Gasteiger partial charge in [-0.15, -0.1) is 29.7 Å². The minimum Gasteiger partial charge on any atom is -0.510 e. The van der Waals surface area contributed by atoms with Gasteiger partial charge in [-0.1, -0.05) is 116 Å². The minimum atomic E-state index is -0.758. The molecule has 0 radical (unpaired) electrons. The molecule has 0 aliphatic carbocycles. The largest absolute Gasteiger partial charge is 0.510 e. The van der Waals surface area contributed by atoms with Crippen LogP contribution in [0.1, 0.15) is 53.2 Å². The fourth-order valence-corrected chi connectivity index (χ4v) is 6.90. The number of hydrogen-bond donors (Lipinski definition) is 0. The molecule has 5 nitrogen and oxygen atoms in total. The van der Waals surface area contributed by atoms with Crippen LogP contribution in [-0.2, 0) is 21.1 Å². The van der Waals surface area contributed by atoms with Crippen LogP contribution < -0.4 is 9.30 Å². The number of ether oxygens (including phenoxy) is 1. The van der Waals surface area contributed by atoms with Gasteiger partial charge in [-0.2, -0.15) is 18.2 Å². The van der Waals surface area contributed by atoms with Crippen molar-refractivity contribution in [1.29, 1.82) is 0 Å². The van der Waals surface area contributed by atoms with Gasteiger partial charge >= 0.3 is 0 Å². The predicted molar refractivity (Wildman–Crippen MR) is 217 cm³/mol. The molecule has 3 aromatic heterocycles. The third kappa shape index (κ3) is 6.93. The molecule has 0 bridgehead atoms. The fraction of sp³-hybridized carbons (Fsp3) is 0.102. The summed E-state index contributed by atoms with van der Waals surface area (Å²) in [6, 6.07) is 27.1. The molecule has 0 fully saturated rings. The van der Waals surface area contributed by atoms with Gasteiger partial charge in [0.15, 0.2) is 0 Å². The summed E-state index contributed by atoms with van der Waals surface area (Å²) < 4.78 is 106. The monoisotopic (exact) mass is 904 g/mol. The maximum Gasteiger partial charge on any atom is 0.267 e. The van der Waals surface area contributed by atoms with Crippen LogP contribution in [0.25, 0.3) is 61.3 Å². The maximum atomic E-state index is 9.12. The Labute approximate surface area is 351 Å². The smallest absolute Gasteiger partial charge is 0.267 e. The van der Waals surface area contributed by atoms with Crippen molar-refractivity contribution in [3.63, 3.8) is 0 Å². The van der Waals surface area contributed by atoms with Gasteiger partial charge < -0.3 is 13.9 Å². The van der Waals surface area contributed by atoms with Gasteiger partial charge in [-0.3, -0.25) is 4.57 Å². The van der Waals surface area contributed by atoms with Crippen molar-refractivity contribution in [3.05, 3.63) is 188 Å². The second-order valence-corrected chi connectivity index (χ2v) is 12.5. The van der Waals surface area contributed by atoms with Crippen LogP contribution in [0, 0.1) is 18.5 Å². The summed E-state index contributed by atoms with van der Waals surface area (Å²) in [7, 11) is 0. The van der Waals surface area contributed by atoms with Crippen molar-refractivity contribution >= 4 is 21.8 Å². The summed E-state index contributed by atoms with van der Waals surface area (Å²) in [6.07, 6.45) is 9.52. The zero-order valence-electron chi connectivity index (χ0n) is 40.7. The van der Waals surface area contributed by atoms with E-state index >= 15 is 0 Å². The van der Waals surface area contributed by atoms with Gasteiger partial charge in [0, 0.05) is 58.0 Å². The molecular weight excluding hydrogens is 856 g/mol. The molecule has 272 valence electrons. The number of hydrogen-bond acceptors (Lipinski definition) is 2. The molecule has 0 aliphatic heterocycles. The summed E-state index contributed by atoms with van der Waals surface area (Å²) in [5, 5.41) is 1.95. The van der Waals surface area contributed by atoms with Crippen molar-refractivity contribution in [1.82, 2.24) is 14.1 Å². The van der Waals surface area contributed by atoms with Gasteiger partial charge in [-0.05, 0) is 75.8 Å². The molecule has 9 rings (SSSR count). The standard InChI is InChI=1S/C49H38N4O.Pt/c1-3-35(4-2)38-27-28-50-48(31-38)53-46-24-12-11-21-44(46)45-26-25-41(33-47(45)53)54-40-20-13-19-39(32-40)51-29-30-52(34-51)49-42(36-15-7-5-8-16-36)22-14-23-43(49)37-17-9-6-10-18-37;/h5-31,35H,3-4H2,1-2H3;/q-2;/i5D,6D,7D,8D,9D,10D,15D,16D,17D,18D,35D;. The maximum absolute atomic E-state index is 9.12. The quantitative estimate of drug-likeness (QED) is 0.101. The summed E-state index contributed by atoms with van der Waals surface area (Å²) in [5.74, 6) is 0.657. The number of pyridine rings is 1. The molecule has 0 aliphatic rings. The Morgan fingerprint density at radius 3 is 2.18 bits per heavy atom. The Balaban J connectivity index is 0.00000592. The second kappa shape index (κ2) is 15.7. The number of imidazole rings is 1.